The van der Waals surface area contributed by atoms with Crippen LogP contribution in [0.1, 0.15) is 35.7 Å². The number of aromatic nitrogens is 4. The molecule has 0 unspecified atom stereocenters. The van der Waals surface area contributed by atoms with Crippen molar-refractivity contribution < 1.29 is 0 Å². The maximum Gasteiger partial charge on any atom is 0.210 e. The average molecular weight is 386 g/mol. The zero-order valence-corrected chi connectivity index (χ0v) is 16.2. The van der Waals surface area contributed by atoms with Crippen molar-refractivity contribution in [1.82, 2.24) is 19.7 Å². The minimum Gasteiger partial charge on any atom is -0.331 e. The smallest absolute Gasteiger partial charge is 0.210 e. The number of hydrogen-bond donors (Lipinski definition) is 1. The highest BCUT2D eigenvalue weighted by atomic mass is 32.1. The van der Waals surface area contributed by atoms with Crippen molar-refractivity contribution in [2.75, 3.05) is 5.32 Å². The van der Waals surface area contributed by atoms with Gasteiger partial charge in [-0.05, 0) is 48.2 Å². The topological polar surface area (TPSA) is 68.0 Å². The third-order valence-electron chi connectivity index (χ3n) is 5.43. The van der Waals surface area contributed by atoms with E-state index in [9.17, 15) is 0 Å². The van der Waals surface area contributed by atoms with Gasteiger partial charge in [-0.3, -0.25) is 4.99 Å². The average Bonchev–Trinajstić information content (AvgIpc) is 3.11. The zero-order chi connectivity index (χ0) is 18.7. The van der Waals surface area contributed by atoms with Crippen LogP contribution >= 0.6 is 11.3 Å². The molecule has 2 aromatic heterocycles. The number of benzene rings is 2. The number of aryl methyl sites for hydroxylation is 1. The molecule has 0 radical (unpaired) electrons. The summed E-state index contributed by atoms with van der Waals surface area (Å²) in [5, 5.41) is 13.8. The zero-order valence-electron chi connectivity index (χ0n) is 15.4. The molecular formula is C21H18N6S. The lowest BCUT2D eigenvalue weighted by molar-refractivity contribution is 0.820. The van der Waals surface area contributed by atoms with Crippen molar-refractivity contribution in [3.63, 3.8) is 0 Å². The molecule has 4 aromatic rings. The number of nitrogens with one attached hydrogen (secondary N) is 1. The van der Waals surface area contributed by atoms with Crippen LogP contribution in [-0.2, 0) is 13.6 Å². The van der Waals surface area contributed by atoms with Crippen molar-refractivity contribution in [2.45, 2.75) is 25.3 Å². The molecule has 3 heterocycles. The molecule has 0 atom stereocenters. The van der Waals surface area contributed by atoms with Gasteiger partial charge in [0, 0.05) is 30.4 Å². The van der Waals surface area contributed by atoms with E-state index in [1.165, 1.54) is 29.8 Å². The Morgan fingerprint density at radius 1 is 1.14 bits per heavy atom. The Labute approximate surface area is 166 Å². The Bertz CT molecular complexity index is 1250. The number of hydrogen-bond acceptors (Lipinski definition) is 6. The largest absolute Gasteiger partial charge is 0.331 e. The molecule has 1 aliphatic carbocycles. The van der Waals surface area contributed by atoms with E-state index in [0.717, 1.165) is 39.0 Å². The van der Waals surface area contributed by atoms with Crippen molar-refractivity contribution in [1.29, 1.82) is 0 Å². The number of nitrogens with zero attached hydrogens (tertiary/aromatic N) is 5. The molecule has 7 heteroatoms. The van der Waals surface area contributed by atoms with Crippen LogP contribution in [0.4, 0.5) is 10.8 Å². The third kappa shape index (κ3) is 2.54. The number of anilines is 2. The minimum atomic E-state index is 0.611. The number of fused-ring (bicyclic) bond motifs is 2. The standard InChI is InChI=1S/C21H18N6S/c1-27-17-4-2-3-16(18(17)24-19(27)12-5-6-12)20-25-26-21(28-20)23-15-8-7-13-10-22-11-14(13)9-15/h2-4,7-9,11-12H,5-6,10H2,1H3,(H,23,26). The van der Waals surface area contributed by atoms with Gasteiger partial charge in [0.05, 0.1) is 17.6 Å². The summed E-state index contributed by atoms with van der Waals surface area (Å²) < 4.78 is 2.22. The second-order valence-electron chi connectivity index (χ2n) is 7.40. The quantitative estimate of drug-likeness (QED) is 0.554. The fourth-order valence-corrected chi connectivity index (χ4v) is 4.59. The summed E-state index contributed by atoms with van der Waals surface area (Å²) in [6, 6.07) is 12.6. The van der Waals surface area contributed by atoms with Crippen molar-refractivity contribution in [2.24, 2.45) is 12.0 Å². The van der Waals surface area contributed by atoms with Gasteiger partial charge in [0.15, 0.2) is 5.01 Å². The van der Waals surface area contributed by atoms with E-state index >= 15 is 0 Å². The number of rotatable bonds is 4. The Hall–Kier alpha value is -3.06. The van der Waals surface area contributed by atoms with Crippen LogP contribution in [-0.4, -0.2) is 26.0 Å². The molecular weight excluding hydrogens is 368 g/mol. The number of imidazole rings is 1. The predicted molar refractivity (Wildman–Crippen MR) is 113 cm³/mol. The van der Waals surface area contributed by atoms with Crippen LogP contribution in [0.15, 0.2) is 41.4 Å². The van der Waals surface area contributed by atoms with Crippen LogP contribution in [0, 0.1) is 0 Å². The summed E-state index contributed by atoms with van der Waals surface area (Å²) in [4.78, 5) is 9.26. The van der Waals surface area contributed by atoms with Crippen LogP contribution in [0.2, 0.25) is 0 Å². The fourth-order valence-electron chi connectivity index (χ4n) is 3.80. The first-order chi connectivity index (χ1) is 13.8. The van der Waals surface area contributed by atoms with E-state index in [0.29, 0.717) is 5.92 Å². The molecule has 2 aliphatic rings. The first-order valence-corrected chi connectivity index (χ1v) is 10.3. The summed E-state index contributed by atoms with van der Waals surface area (Å²) in [7, 11) is 2.11. The predicted octanol–water partition coefficient (Wildman–Crippen LogP) is 4.65. The molecule has 1 fully saturated rings. The molecule has 2 aromatic carbocycles. The highest BCUT2D eigenvalue weighted by Crippen LogP contribution is 2.42. The maximum absolute atomic E-state index is 4.95. The van der Waals surface area contributed by atoms with Crippen molar-refractivity contribution in [3.05, 3.63) is 53.3 Å². The van der Waals surface area contributed by atoms with Crippen molar-refractivity contribution >= 4 is 39.4 Å². The van der Waals surface area contributed by atoms with Gasteiger partial charge in [0.2, 0.25) is 5.13 Å². The van der Waals surface area contributed by atoms with Gasteiger partial charge >= 0.3 is 0 Å². The molecule has 0 bridgehead atoms. The fraction of sp³-hybridized carbons (Fsp3) is 0.238. The van der Waals surface area contributed by atoms with E-state index in [1.807, 2.05) is 6.21 Å². The summed E-state index contributed by atoms with van der Waals surface area (Å²) in [5.41, 5.74) is 6.65. The van der Waals surface area contributed by atoms with Crippen LogP contribution in [0.25, 0.3) is 21.6 Å². The Morgan fingerprint density at radius 2 is 2.07 bits per heavy atom. The molecule has 0 amide bonds. The summed E-state index contributed by atoms with van der Waals surface area (Å²) in [6.07, 6.45) is 4.40. The van der Waals surface area contributed by atoms with E-state index in [1.54, 1.807) is 11.3 Å². The Balaban J connectivity index is 1.35. The lowest BCUT2D eigenvalue weighted by atomic mass is 10.1. The number of para-hydroxylation sites is 1. The molecule has 6 rings (SSSR count). The molecule has 1 saturated carbocycles. The van der Waals surface area contributed by atoms with Crippen LogP contribution in [0.3, 0.4) is 0 Å². The second-order valence-corrected chi connectivity index (χ2v) is 8.37. The lowest BCUT2D eigenvalue weighted by Crippen LogP contribution is -1.94. The molecule has 138 valence electrons. The third-order valence-corrected chi connectivity index (χ3v) is 6.31. The van der Waals surface area contributed by atoms with Gasteiger partial charge in [-0.25, -0.2) is 4.98 Å². The normalized spacial score (nSPS) is 15.3. The summed E-state index contributed by atoms with van der Waals surface area (Å²) >= 11 is 1.55. The number of aliphatic imine (C=N–C) groups is 1. The van der Waals surface area contributed by atoms with E-state index in [-0.39, 0.29) is 0 Å². The molecule has 0 saturated heterocycles. The molecule has 0 spiro atoms. The maximum atomic E-state index is 4.95. The Morgan fingerprint density at radius 3 is 2.96 bits per heavy atom. The van der Waals surface area contributed by atoms with Gasteiger partial charge in [-0.2, -0.15) is 0 Å². The molecule has 1 aliphatic heterocycles. The van der Waals surface area contributed by atoms with Gasteiger partial charge in [0.25, 0.3) is 0 Å². The van der Waals surface area contributed by atoms with Gasteiger partial charge < -0.3 is 9.88 Å². The highest BCUT2D eigenvalue weighted by Gasteiger charge is 2.29. The van der Waals surface area contributed by atoms with E-state index < -0.39 is 0 Å². The lowest BCUT2D eigenvalue weighted by Gasteiger charge is -2.04. The molecule has 1 N–H and O–H groups in total. The second kappa shape index (κ2) is 5.97. The van der Waals surface area contributed by atoms with Gasteiger partial charge in [-0.15, -0.1) is 10.2 Å². The van der Waals surface area contributed by atoms with E-state index in [2.05, 4.69) is 68.5 Å². The van der Waals surface area contributed by atoms with Crippen molar-refractivity contribution in [3.8, 4) is 10.6 Å². The monoisotopic (exact) mass is 386 g/mol. The van der Waals surface area contributed by atoms with Crippen LogP contribution in [0.5, 0.6) is 0 Å². The summed E-state index contributed by atoms with van der Waals surface area (Å²) in [5.74, 6) is 1.80. The highest BCUT2D eigenvalue weighted by molar-refractivity contribution is 7.18. The SMILES string of the molecule is Cn1c(C2CC2)nc2c(-c3nnc(Nc4ccc5c(c4)C=NC5)s3)cccc21. The Kier molecular flexibility index (Phi) is 3.40. The van der Waals surface area contributed by atoms with Crippen LogP contribution < -0.4 is 5.32 Å². The van der Waals surface area contributed by atoms with Gasteiger partial charge in [0.1, 0.15) is 5.82 Å². The van der Waals surface area contributed by atoms with E-state index in [4.69, 9.17) is 4.98 Å². The first kappa shape index (κ1) is 15.9. The molecule has 6 nitrogen and oxygen atoms in total. The van der Waals surface area contributed by atoms with Gasteiger partial charge in [-0.1, -0.05) is 23.5 Å². The minimum absolute atomic E-state index is 0.611. The summed E-state index contributed by atoms with van der Waals surface area (Å²) in [6.45, 7) is 0.773. The molecule has 28 heavy (non-hydrogen) atoms. The first-order valence-electron chi connectivity index (χ1n) is 9.45.